The molecule has 0 aromatic heterocycles. The third-order valence-corrected chi connectivity index (χ3v) is 5.12. The minimum Gasteiger partial charge on any atom is -0.611 e. The van der Waals surface area contributed by atoms with Crippen LogP contribution >= 0.6 is 0 Å². The van der Waals surface area contributed by atoms with E-state index in [2.05, 4.69) is 0 Å². The van der Waals surface area contributed by atoms with Crippen LogP contribution in [0.5, 0.6) is 0 Å². The minimum atomic E-state index is -1.18. The van der Waals surface area contributed by atoms with Gasteiger partial charge in [-0.05, 0) is 55.2 Å². The number of rotatable bonds is 4. The topological polar surface area (TPSA) is 49.4 Å². The Bertz CT molecular complexity index is 435. The molecule has 0 radical (unpaired) electrons. The number of halogens is 1. The van der Waals surface area contributed by atoms with Gasteiger partial charge in [0.15, 0.2) is 4.90 Å². The van der Waals surface area contributed by atoms with Crippen LogP contribution in [0, 0.1) is 11.7 Å². The second kappa shape index (κ2) is 6.39. The van der Waals surface area contributed by atoms with Gasteiger partial charge in [0, 0.05) is 6.42 Å². The number of ether oxygens (including phenoxy) is 1. The molecule has 3 nitrogen and oxygen atoms in total. The van der Waals surface area contributed by atoms with E-state index in [0.29, 0.717) is 17.9 Å². The first-order valence-corrected chi connectivity index (χ1v) is 7.66. The van der Waals surface area contributed by atoms with Gasteiger partial charge in [-0.15, -0.1) is 0 Å². The summed E-state index contributed by atoms with van der Waals surface area (Å²) in [7, 11) is 0. The summed E-state index contributed by atoms with van der Waals surface area (Å²) in [5.74, 6) is -0.674. The predicted molar refractivity (Wildman–Crippen MR) is 70.6 cm³/mol. The van der Waals surface area contributed by atoms with Crippen molar-refractivity contribution < 1.29 is 18.5 Å². The molecule has 1 fully saturated rings. The van der Waals surface area contributed by atoms with E-state index in [1.807, 2.05) is 0 Å². The predicted octanol–water partition coefficient (Wildman–Crippen LogP) is 2.67. The molecular weight excluding hydrogens is 267 g/mol. The van der Waals surface area contributed by atoms with Gasteiger partial charge in [-0.3, -0.25) is 4.79 Å². The lowest BCUT2D eigenvalue weighted by Gasteiger charge is -2.17. The monoisotopic (exact) mass is 284 g/mol. The van der Waals surface area contributed by atoms with E-state index in [9.17, 15) is 13.7 Å². The van der Waals surface area contributed by atoms with Crippen LogP contribution in [-0.2, 0) is 20.7 Å². The molecule has 0 N–H and O–H groups in total. The van der Waals surface area contributed by atoms with Gasteiger partial charge < -0.3 is 9.29 Å². The molecule has 1 aliphatic carbocycles. The highest BCUT2D eigenvalue weighted by Gasteiger charge is 2.38. The molecule has 0 aliphatic heterocycles. The molecule has 0 amide bonds. The number of benzene rings is 1. The van der Waals surface area contributed by atoms with Gasteiger partial charge in [-0.25, -0.2) is 4.39 Å². The van der Waals surface area contributed by atoms with Crippen LogP contribution in [0.2, 0.25) is 0 Å². The largest absolute Gasteiger partial charge is 0.611 e. The SMILES string of the molecule is CCOC(=O)C1CCC([S+]([O-])c2ccc(F)cc2)C1. The summed E-state index contributed by atoms with van der Waals surface area (Å²) in [6.45, 7) is 2.15. The average Bonchev–Trinajstić information content (AvgIpc) is 2.89. The standard InChI is InChI=1S/C14H17FO3S/c1-2-18-14(16)10-3-6-13(9-10)19(17)12-7-4-11(15)5-8-12/h4-5,7-8,10,13H,2-3,6,9H2,1H3. The molecule has 1 aromatic rings. The zero-order chi connectivity index (χ0) is 13.8. The Balaban J connectivity index is 1.96. The van der Waals surface area contributed by atoms with Gasteiger partial charge in [0.2, 0.25) is 0 Å². The minimum absolute atomic E-state index is 0.0418. The lowest BCUT2D eigenvalue weighted by atomic mass is 10.1. The van der Waals surface area contributed by atoms with Gasteiger partial charge in [0.25, 0.3) is 0 Å². The lowest BCUT2D eigenvalue weighted by molar-refractivity contribution is -0.147. The number of carbonyl (C=O) groups excluding carboxylic acids is 1. The molecule has 1 aromatic carbocycles. The van der Waals surface area contributed by atoms with E-state index >= 15 is 0 Å². The summed E-state index contributed by atoms with van der Waals surface area (Å²) >= 11 is -1.18. The highest BCUT2D eigenvalue weighted by Crippen LogP contribution is 2.34. The number of hydrogen-bond donors (Lipinski definition) is 0. The molecule has 3 unspecified atom stereocenters. The van der Waals surface area contributed by atoms with Gasteiger partial charge in [0.1, 0.15) is 11.1 Å². The van der Waals surface area contributed by atoms with Crippen molar-refractivity contribution in [2.24, 2.45) is 5.92 Å². The molecule has 0 saturated heterocycles. The molecule has 0 bridgehead atoms. The molecular formula is C14H17FO3S. The average molecular weight is 284 g/mol. The Morgan fingerprint density at radius 2 is 2.11 bits per heavy atom. The zero-order valence-corrected chi connectivity index (χ0v) is 11.6. The van der Waals surface area contributed by atoms with Crippen molar-refractivity contribution in [2.45, 2.75) is 36.3 Å². The van der Waals surface area contributed by atoms with Crippen LogP contribution in [-0.4, -0.2) is 22.4 Å². The van der Waals surface area contributed by atoms with Crippen molar-refractivity contribution in [1.29, 1.82) is 0 Å². The Hall–Kier alpha value is -1.07. The fourth-order valence-corrected chi connectivity index (χ4v) is 3.92. The van der Waals surface area contributed by atoms with Crippen molar-refractivity contribution in [2.75, 3.05) is 6.61 Å². The van der Waals surface area contributed by atoms with E-state index in [1.165, 1.54) is 12.1 Å². The van der Waals surface area contributed by atoms with Crippen LogP contribution in [0.3, 0.4) is 0 Å². The van der Waals surface area contributed by atoms with Crippen LogP contribution in [0.1, 0.15) is 26.2 Å². The van der Waals surface area contributed by atoms with E-state index < -0.39 is 11.2 Å². The van der Waals surface area contributed by atoms with Crippen LogP contribution in [0.4, 0.5) is 4.39 Å². The van der Waals surface area contributed by atoms with Gasteiger partial charge in [-0.2, -0.15) is 0 Å². The molecule has 104 valence electrons. The normalized spacial score (nSPS) is 24.2. The van der Waals surface area contributed by atoms with Gasteiger partial charge in [-0.1, -0.05) is 0 Å². The molecule has 0 heterocycles. The maximum Gasteiger partial charge on any atom is 0.309 e. The Labute approximate surface area is 115 Å². The van der Waals surface area contributed by atoms with E-state index in [-0.39, 0.29) is 23.0 Å². The Morgan fingerprint density at radius 1 is 1.42 bits per heavy atom. The second-order valence-electron chi connectivity index (χ2n) is 4.64. The quantitative estimate of drug-likeness (QED) is 0.631. The summed E-state index contributed by atoms with van der Waals surface area (Å²) < 4.78 is 30.1. The van der Waals surface area contributed by atoms with Crippen molar-refractivity contribution in [3.63, 3.8) is 0 Å². The Kier molecular flexibility index (Phi) is 4.82. The smallest absolute Gasteiger partial charge is 0.309 e. The third-order valence-electron chi connectivity index (χ3n) is 3.35. The van der Waals surface area contributed by atoms with Crippen molar-refractivity contribution in [1.82, 2.24) is 0 Å². The van der Waals surface area contributed by atoms with Crippen molar-refractivity contribution >= 4 is 17.1 Å². The molecule has 2 rings (SSSR count). The number of esters is 1. The van der Waals surface area contributed by atoms with E-state index in [4.69, 9.17) is 4.74 Å². The van der Waals surface area contributed by atoms with Crippen LogP contribution in [0.15, 0.2) is 29.2 Å². The third kappa shape index (κ3) is 3.48. The van der Waals surface area contributed by atoms with Crippen molar-refractivity contribution in [3.05, 3.63) is 30.1 Å². The molecule has 5 heteroatoms. The molecule has 3 atom stereocenters. The van der Waals surface area contributed by atoms with E-state index in [0.717, 1.165) is 12.8 Å². The summed E-state index contributed by atoms with van der Waals surface area (Å²) in [6, 6.07) is 5.71. The number of hydrogen-bond acceptors (Lipinski definition) is 3. The maximum absolute atomic E-state index is 12.8. The molecule has 1 saturated carbocycles. The highest BCUT2D eigenvalue weighted by molar-refractivity contribution is 7.92. The summed E-state index contributed by atoms with van der Waals surface area (Å²) in [4.78, 5) is 12.2. The van der Waals surface area contributed by atoms with Crippen molar-refractivity contribution in [3.8, 4) is 0 Å². The summed E-state index contributed by atoms with van der Waals surface area (Å²) in [6.07, 6.45) is 2.05. The summed E-state index contributed by atoms with van der Waals surface area (Å²) in [5.41, 5.74) is 0. The number of carbonyl (C=O) groups is 1. The van der Waals surface area contributed by atoms with Crippen LogP contribution < -0.4 is 0 Å². The molecule has 0 spiro atoms. The fourth-order valence-electron chi connectivity index (χ4n) is 2.37. The van der Waals surface area contributed by atoms with Crippen LogP contribution in [0.25, 0.3) is 0 Å². The molecule has 19 heavy (non-hydrogen) atoms. The van der Waals surface area contributed by atoms with E-state index in [1.54, 1.807) is 19.1 Å². The highest BCUT2D eigenvalue weighted by atomic mass is 32.2. The lowest BCUT2D eigenvalue weighted by Crippen LogP contribution is -2.21. The maximum atomic E-state index is 12.8. The first-order valence-electron chi connectivity index (χ1n) is 6.44. The zero-order valence-electron chi connectivity index (χ0n) is 10.8. The van der Waals surface area contributed by atoms with Gasteiger partial charge in [0.05, 0.1) is 12.5 Å². The first kappa shape index (κ1) is 14.3. The molecule has 1 aliphatic rings. The van der Waals surface area contributed by atoms with Gasteiger partial charge >= 0.3 is 5.97 Å². The first-order chi connectivity index (χ1) is 9.11. The summed E-state index contributed by atoms with van der Waals surface area (Å²) in [5, 5.41) is -0.0418. The Morgan fingerprint density at radius 3 is 2.74 bits per heavy atom. The second-order valence-corrected chi connectivity index (χ2v) is 6.37. The fraction of sp³-hybridized carbons (Fsp3) is 0.500.